The predicted octanol–water partition coefficient (Wildman–Crippen LogP) is 5.15. The number of piperidine rings is 1. The van der Waals surface area contributed by atoms with E-state index in [9.17, 15) is 9.18 Å². The molecule has 1 aromatic carbocycles. The Kier molecular flexibility index (Phi) is 6.33. The van der Waals surface area contributed by atoms with Crippen molar-refractivity contribution in [2.75, 3.05) is 35.3 Å². The fourth-order valence-electron chi connectivity index (χ4n) is 4.15. The third kappa shape index (κ3) is 4.28. The Hall–Kier alpha value is -2.74. The Morgan fingerprint density at radius 2 is 1.97 bits per heavy atom. The van der Waals surface area contributed by atoms with Gasteiger partial charge in [-0.05, 0) is 64.3 Å². The number of thiophene rings is 1. The number of fused-ring (bicyclic) bond motifs is 1. The molecule has 1 saturated heterocycles. The third-order valence-corrected chi connectivity index (χ3v) is 7.60. The van der Waals surface area contributed by atoms with Crippen molar-refractivity contribution >= 4 is 44.7 Å². The SMILES string of the molecule is Cc1sc2ncnc(N3CCC(C(=O)Nc4ccc(N(C)C(C)C)c(F)c4)CC3)c2c1C. The summed E-state index contributed by atoms with van der Waals surface area (Å²) in [6.07, 6.45) is 3.09. The van der Waals surface area contributed by atoms with Crippen LogP contribution >= 0.6 is 11.3 Å². The fourth-order valence-corrected chi connectivity index (χ4v) is 5.14. The number of aryl methyl sites for hydroxylation is 2. The van der Waals surface area contributed by atoms with Gasteiger partial charge in [0, 0.05) is 42.7 Å². The molecule has 3 heterocycles. The molecular weight excluding hydrogens is 425 g/mol. The lowest BCUT2D eigenvalue weighted by molar-refractivity contribution is -0.120. The number of hydrogen-bond acceptors (Lipinski definition) is 6. The van der Waals surface area contributed by atoms with Gasteiger partial charge in [-0.25, -0.2) is 14.4 Å². The molecule has 0 spiro atoms. The van der Waals surface area contributed by atoms with Crippen LogP contribution in [0.25, 0.3) is 10.2 Å². The van der Waals surface area contributed by atoms with E-state index in [1.807, 2.05) is 25.8 Å². The number of nitrogens with one attached hydrogen (secondary N) is 1. The Balaban J connectivity index is 1.41. The largest absolute Gasteiger partial charge is 0.370 e. The van der Waals surface area contributed by atoms with E-state index < -0.39 is 0 Å². The number of halogens is 1. The summed E-state index contributed by atoms with van der Waals surface area (Å²) in [6.45, 7) is 9.75. The van der Waals surface area contributed by atoms with Crippen LogP contribution in [0.2, 0.25) is 0 Å². The first-order valence-corrected chi connectivity index (χ1v) is 11.9. The maximum atomic E-state index is 14.5. The second-order valence-corrected chi connectivity index (χ2v) is 9.99. The molecule has 1 amide bonds. The van der Waals surface area contributed by atoms with Gasteiger partial charge in [0.1, 0.15) is 22.8 Å². The number of aromatic nitrogens is 2. The molecule has 32 heavy (non-hydrogen) atoms. The highest BCUT2D eigenvalue weighted by molar-refractivity contribution is 7.18. The predicted molar refractivity (Wildman–Crippen MR) is 130 cm³/mol. The molecule has 1 aliphatic heterocycles. The normalized spacial score (nSPS) is 14.9. The lowest BCUT2D eigenvalue weighted by atomic mass is 9.95. The van der Waals surface area contributed by atoms with Crippen molar-refractivity contribution in [1.82, 2.24) is 9.97 Å². The topological polar surface area (TPSA) is 61.4 Å². The minimum Gasteiger partial charge on any atom is -0.370 e. The van der Waals surface area contributed by atoms with Crippen LogP contribution in [0.1, 0.15) is 37.1 Å². The number of nitrogens with zero attached hydrogens (tertiary/aromatic N) is 4. The van der Waals surface area contributed by atoms with Crippen LogP contribution in [0.4, 0.5) is 21.6 Å². The molecule has 0 unspecified atom stereocenters. The van der Waals surface area contributed by atoms with E-state index in [4.69, 9.17) is 0 Å². The first-order valence-electron chi connectivity index (χ1n) is 11.0. The number of rotatable bonds is 5. The van der Waals surface area contributed by atoms with Crippen molar-refractivity contribution in [3.8, 4) is 0 Å². The van der Waals surface area contributed by atoms with E-state index in [0.29, 0.717) is 11.4 Å². The Morgan fingerprint density at radius 1 is 1.25 bits per heavy atom. The minimum absolute atomic E-state index is 0.0515. The Morgan fingerprint density at radius 3 is 2.62 bits per heavy atom. The maximum absolute atomic E-state index is 14.5. The van der Waals surface area contributed by atoms with Gasteiger partial charge >= 0.3 is 0 Å². The molecule has 0 aliphatic carbocycles. The van der Waals surface area contributed by atoms with Gasteiger partial charge in [0.05, 0.1) is 11.1 Å². The van der Waals surface area contributed by atoms with Gasteiger partial charge in [0.25, 0.3) is 0 Å². The molecule has 0 radical (unpaired) electrons. The molecule has 1 aliphatic rings. The molecular formula is C24H30FN5OS. The van der Waals surface area contributed by atoms with Crippen LogP contribution in [0.5, 0.6) is 0 Å². The fraction of sp³-hybridized carbons (Fsp3) is 0.458. The van der Waals surface area contributed by atoms with E-state index in [1.54, 1.807) is 29.8 Å². The number of carbonyl (C=O) groups excluding carboxylic acids is 1. The zero-order valence-electron chi connectivity index (χ0n) is 19.3. The molecule has 0 bridgehead atoms. The maximum Gasteiger partial charge on any atom is 0.227 e. The summed E-state index contributed by atoms with van der Waals surface area (Å²) in [5.41, 5.74) is 2.26. The van der Waals surface area contributed by atoms with Crippen molar-refractivity contribution in [3.63, 3.8) is 0 Å². The van der Waals surface area contributed by atoms with Gasteiger partial charge in [0.2, 0.25) is 5.91 Å². The molecule has 6 nitrogen and oxygen atoms in total. The van der Waals surface area contributed by atoms with Gasteiger partial charge in [-0.3, -0.25) is 4.79 Å². The zero-order chi connectivity index (χ0) is 23.0. The smallest absolute Gasteiger partial charge is 0.227 e. The van der Waals surface area contributed by atoms with Crippen molar-refractivity contribution in [3.05, 3.63) is 40.8 Å². The van der Waals surface area contributed by atoms with Gasteiger partial charge in [-0.1, -0.05) is 0 Å². The van der Waals surface area contributed by atoms with E-state index in [1.165, 1.54) is 16.5 Å². The molecule has 2 aromatic heterocycles. The van der Waals surface area contributed by atoms with Crippen LogP contribution in [-0.4, -0.2) is 42.1 Å². The molecule has 1 fully saturated rings. The van der Waals surface area contributed by atoms with Crippen LogP contribution in [0, 0.1) is 25.6 Å². The summed E-state index contributed by atoms with van der Waals surface area (Å²) in [7, 11) is 1.86. The number of anilines is 3. The van der Waals surface area contributed by atoms with Gasteiger partial charge in [0.15, 0.2) is 0 Å². The lowest BCUT2D eigenvalue weighted by Gasteiger charge is -2.32. The summed E-state index contributed by atoms with van der Waals surface area (Å²) in [5.74, 6) is 0.477. The average molecular weight is 456 g/mol. The summed E-state index contributed by atoms with van der Waals surface area (Å²) < 4.78 is 14.5. The van der Waals surface area contributed by atoms with Crippen molar-refractivity contribution in [2.45, 2.75) is 46.6 Å². The summed E-state index contributed by atoms with van der Waals surface area (Å²) in [5, 5.41) is 4.03. The molecule has 3 aromatic rings. The summed E-state index contributed by atoms with van der Waals surface area (Å²) in [4.78, 5) is 28.2. The van der Waals surface area contributed by atoms with Crippen LogP contribution in [0.15, 0.2) is 24.5 Å². The van der Waals surface area contributed by atoms with Crippen LogP contribution in [-0.2, 0) is 4.79 Å². The molecule has 170 valence electrons. The molecule has 0 atom stereocenters. The first kappa shape index (κ1) is 22.5. The Labute approximate surface area is 192 Å². The standard InChI is InChI=1S/C24H30FN5OS/c1-14(2)29(5)20-7-6-18(12-19(20)25)28-23(31)17-8-10-30(11-9-17)22-21-15(3)16(4)32-24(21)27-13-26-22/h6-7,12-14,17H,8-11H2,1-5H3,(H,28,31). The van der Waals surface area contributed by atoms with E-state index in [0.717, 1.165) is 42.0 Å². The van der Waals surface area contributed by atoms with Crippen molar-refractivity contribution < 1.29 is 9.18 Å². The quantitative estimate of drug-likeness (QED) is 0.577. The molecule has 8 heteroatoms. The lowest BCUT2D eigenvalue weighted by Crippen LogP contribution is -2.38. The first-order chi connectivity index (χ1) is 15.3. The highest BCUT2D eigenvalue weighted by atomic mass is 32.1. The van der Waals surface area contributed by atoms with Gasteiger partial charge < -0.3 is 15.1 Å². The van der Waals surface area contributed by atoms with Gasteiger partial charge in [-0.2, -0.15) is 0 Å². The van der Waals surface area contributed by atoms with Crippen LogP contribution < -0.4 is 15.1 Å². The zero-order valence-corrected chi connectivity index (χ0v) is 20.1. The van der Waals surface area contributed by atoms with Crippen molar-refractivity contribution in [2.24, 2.45) is 5.92 Å². The van der Waals surface area contributed by atoms with Crippen molar-refractivity contribution in [1.29, 1.82) is 0 Å². The summed E-state index contributed by atoms with van der Waals surface area (Å²) in [6, 6.07) is 5.08. The van der Waals surface area contributed by atoms with E-state index in [2.05, 4.69) is 34.0 Å². The van der Waals surface area contributed by atoms with Gasteiger partial charge in [-0.15, -0.1) is 11.3 Å². The number of amides is 1. The highest BCUT2D eigenvalue weighted by Crippen LogP contribution is 2.35. The molecule has 1 N–H and O–H groups in total. The second kappa shape index (κ2) is 9.02. The number of hydrogen-bond donors (Lipinski definition) is 1. The van der Waals surface area contributed by atoms with E-state index in [-0.39, 0.29) is 23.7 Å². The Bertz CT molecular complexity index is 1140. The third-order valence-electron chi connectivity index (χ3n) is 6.48. The number of benzene rings is 1. The summed E-state index contributed by atoms with van der Waals surface area (Å²) >= 11 is 1.69. The van der Waals surface area contributed by atoms with E-state index >= 15 is 0 Å². The van der Waals surface area contributed by atoms with Crippen LogP contribution in [0.3, 0.4) is 0 Å². The minimum atomic E-state index is -0.331. The molecule has 4 rings (SSSR count). The second-order valence-electron chi connectivity index (χ2n) is 8.78. The highest BCUT2D eigenvalue weighted by Gasteiger charge is 2.27. The molecule has 0 saturated carbocycles. The number of carbonyl (C=O) groups is 1. The monoisotopic (exact) mass is 455 g/mol. The average Bonchev–Trinajstić information content (AvgIpc) is 3.07.